The first-order chi connectivity index (χ1) is 12.8. The second-order valence-corrected chi connectivity index (χ2v) is 6.05. The van der Waals surface area contributed by atoms with E-state index in [4.69, 9.17) is 4.74 Å². The summed E-state index contributed by atoms with van der Waals surface area (Å²) in [5.74, 6) is 0.165. The van der Waals surface area contributed by atoms with Gasteiger partial charge in [-0.3, -0.25) is 0 Å². The first-order valence-corrected chi connectivity index (χ1v) is 8.91. The van der Waals surface area contributed by atoms with Gasteiger partial charge in [-0.1, -0.05) is 86.2 Å². The van der Waals surface area contributed by atoms with Gasteiger partial charge in [0.05, 0.1) is 0 Å². The van der Waals surface area contributed by atoms with Crippen LogP contribution in [0, 0.1) is 0 Å². The van der Waals surface area contributed by atoms with Gasteiger partial charge in [-0.2, -0.15) is 0 Å². The Morgan fingerprint density at radius 3 is 2.62 bits per heavy atom. The molecule has 130 valence electrons. The van der Waals surface area contributed by atoms with Gasteiger partial charge in [0.1, 0.15) is 5.75 Å². The average Bonchev–Trinajstić information content (AvgIpc) is 3.03. The molecule has 0 N–H and O–H groups in total. The standard InChI is InChI=1S/C24H22O2/c1-2-3-4-5-6-7-8-15-24(25)26-21-17-16-20-12-9-11-19-13-10-14-22(19)23(20)18-21/h4-18H,2-3H2,1H3/b5-4+,7-6+,15-8+. The summed E-state index contributed by atoms with van der Waals surface area (Å²) < 4.78 is 5.45. The zero-order valence-electron chi connectivity index (χ0n) is 14.9. The molecule has 0 spiro atoms. The fourth-order valence-corrected chi connectivity index (χ4v) is 2.81. The van der Waals surface area contributed by atoms with Crippen LogP contribution in [0.1, 0.15) is 19.8 Å². The summed E-state index contributed by atoms with van der Waals surface area (Å²) in [6.45, 7) is 2.14. The molecule has 0 atom stereocenters. The minimum atomic E-state index is -0.384. The Labute approximate surface area is 154 Å². The lowest BCUT2D eigenvalue weighted by molar-refractivity contribution is -0.128. The number of esters is 1. The maximum Gasteiger partial charge on any atom is 0.336 e. The second-order valence-electron chi connectivity index (χ2n) is 6.05. The average molecular weight is 342 g/mol. The van der Waals surface area contributed by atoms with E-state index in [0.717, 1.165) is 29.2 Å². The lowest BCUT2D eigenvalue weighted by atomic mass is 10.1. The predicted molar refractivity (Wildman–Crippen MR) is 109 cm³/mol. The SMILES string of the molecule is CCC/C=C/C=C/C=C/C(=O)Oc1ccc2cccc3cccc-3c2c1. The van der Waals surface area contributed by atoms with Crippen LogP contribution in [-0.4, -0.2) is 5.97 Å². The van der Waals surface area contributed by atoms with E-state index in [1.54, 1.807) is 6.08 Å². The quantitative estimate of drug-likeness (QED) is 0.227. The molecule has 0 unspecified atom stereocenters. The van der Waals surface area contributed by atoms with E-state index >= 15 is 0 Å². The van der Waals surface area contributed by atoms with E-state index in [1.165, 1.54) is 11.6 Å². The van der Waals surface area contributed by atoms with E-state index in [9.17, 15) is 4.79 Å². The van der Waals surface area contributed by atoms with Crippen molar-refractivity contribution < 1.29 is 9.53 Å². The topological polar surface area (TPSA) is 26.3 Å². The third-order valence-corrected chi connectivity index (χ3v) is 4.09. The molecule has 0 heterocycles. The molecule has 0 saturated carbocycles. The van der Waals surface area contributed by atoms with Crippen molar-refractivity contribution in [3.05, 3.63) is 91.1 Å². The van der Waals surface area contributed by atoms with E-state index in [-0.39, 0.29) is 5.97 Å². The minimum absolute atomic E-state index is 0.384. The normalized spacial score (nSPS) is 12.0. The smallest absolute Gasteiger partial charge is 0.336 e. The van der Waals surface area contributed by atoms with Gasteiger partial charge in [-0.05, 0) is 40.5 Å². The molecule has 0 fully saturated rings. The zero-order chi connectivity index (χ0) is 18.2. The number of fused-ring (bicyclic) bond motifs is 3. The minimum Gasteiger partial charge on any atom is -0.423 e. The van der Waals surface area contributed by atoms with E-state index in [2.05, 4.69) is 37.3 Å². The molecule has 2 aliphatic carbocycles. The van der Waals surface area contributed by atoms with Crippen molar-refractivity contribution in [3.8, 4) is 16.9 Å². The molecule has 0 radical (unpaired) electrons. The molecule has 0 amide bonds. The van der Waals surface area contributed by atoms with Crippen LogP contribution < -0.4 is 4.74 Å². The Morgan fingerprint density at radius 2 is 1.77 bits per heavy atom. The highest BCUT2D eigenvalue weighted by atomic mass is 16.5. The summed E-state index contributed by atoms with van der Waals surface area (Å²) in [6, 6.07) is 18.1. The molecule has 1 aromatic carbocycles. The van der Waals surface area contributed by atoms with Gasteiger partial charge in [-0.15, -0.1) is 0 Å². The number of hydrogen-bond acceptors (Lipinski definition) is 2. The largest absolute Gasteiger partial charge is 0.423 e. The van der Waals surface area contributed by atoms with Crippen molar-refractivity contribution in [1.82, 2.24) is 0 Å². The van der Waals surface area contributed by atoms with Crippen molar-refractivity contribution >= 4 is 16.7 Å². The second kappa shape index (κ2) is 8.82. The molecule has 2 heteroatoms. The van der Waals surface area contributed by atoms with Crippen LogP contribution in [0.3, 0.4) is 0 Å². The van der Waals surface area contributed by atoms with Gasteiger partial charge in [0.15, 0.2) is 0 Å². The summed E-state index contributed by atoms with van der Waals surface area (Å²) >= 11 is 0. The van der Waals surface area contributed by atoms with Gasteiger partial charge in [0.2, 0.25) is 0 Å². The molecule has 2 aliphatic rings. The Morgan fingerprint density at radius 1 is 0.962 bits per heavy atom. The van der Waals surface area contributed by atoms with Crippen molar-refractivity contribution in [2.45, 2.75) is 19.8 Å². The number of carbonyl (C=O) groups excluding carboxylic acids is 1. The van der Waals surface area contributed by atoms with Crippen LogP contribution in [0.15, 0.2) is 91.1 Å². The Balaban J connectivity index is 1.71. The van der Waals surface area contributed by atoms with Crippen LogP contribution in [0.4, 0.5) is 0 Å². The molecule has 1 aromatic rings. The van der Waals surface area contributed by atoms with Gasteiger partial charge in [-0.25, -0.2) is 4.79 Å². The summed E-state index contributed by atoms with van der Waals surface area (Å²) in [4.78, 5) is 12.0. The lowest BCUT2D eigenvalue weighted by Gasteiger charge is -2.04. The summed E-state index contributed by atoms with van der Waals surface area (Å²) in [6.07, 6.45) is 13.1. The van der Waals surface area contributed by atoms with E-state index in [1.807, 2.05) is 48.6 Å². The predicted octanol–water partition coefficient (Wildman–Crippen LogP) is 6.32. The Bertz CT molecular complexity index is 947. The van der Waals surface area contributed by atoms with Crippen LogP contribution >= 0.6 is 0 Å². The third-order valence-electron chi connectivity index (χ3n) is 4.09. The highest BCUT2D eigenvalue weighted by Crippen LogP contribution is 2.32. The summed E-state index contributed by atoms with van der Waals surface area (Å²) in [7, 11) is 0. The summed E-state index contributed by atoms with van der Waals surface area (Å²) in [5.41, 5.74) is 2.32. The molecular formula is C24H22O2. The van der Waals surface area contributed by atoms with Crippen molar-refractivity contribution in [2.24, 2.45) is 0 Å². The third kappa shape index (κ3) is 4.48. The fraction of sp³-hybridized carbons (Fsp3) is 0.125. The van der Waals surface area contributed by atoms with Crippen molar-refractivity contribution in [1.29, 1.82) is 0 Å². The molecule has 2 nitrogen and oxygen atoms in total. The number of carbonyl (C=O) groups is 1. The van der Waals surface area contributed by atoms with Gasteiger partial charge in [0, 0.05) is 6.08 Å². The van der Waals surface area contributed by atoms with Gasteiger partial charge >= 0.3 is 5.97 Å². The first-order valence-electron chi connectivity index (χ1n) is 8.91. The first kappa shape index (κ1) is 17.7. The molecule has 0 saturated heterocycles. The highest BCUT2D eigenvalue weighted by Gasteiger charge is 2.07. The maximum atomic E-state index is 12.0. The van der Waals surface area contributed by atoms with E-state index < -0.39 is 0 Å². The number of allylic oxidation sites excluding steroid dienone is 5. The highest BCUT2D eigenvalue weighted by molar-refractivity contribution is 5.98. The van der Waals surface area contributed by atoms with Gasteiger partial charge in [0.25, 0.3) is 0 Å². The lowest BCUT2D eigenvalue weighted by Crippen LogP contribution is -2.03. The summed E-state index contributed by atoms with van der Waals surface area (Å²) in [5, 5.41) is 2.19. The number of unbranched alkanes of at least 4 members (excludes halogenated alkanes) is 1. The molecule has 3 rings (SSSR count). The number of ether oxygens (including phenoxy) is 1. The maximum absolute atomic E-state index is 12.0. The number of rotatable bonds is 6. The fourth-order valence-electron chi connectivity index (χ4n) is 2.81. The number of hydrogen-bond donors (Lipinski definition) is 0. The molecule has 0 bridgehead atoms. The molecule has 0 aliphatic heterocycles. The monoisotopic (exact) mass is 342 g/mol. The van der Waals surface area contributed by atoms with Crippen molar-refractivity contribution in [2.75, 3.05) is 0 Å². The van der Waals surface area contributed by atoms with Crippen LogP contribution in [-0.2, 0) is 4.79 Å². The molecule has 0 aromatic heterocycles. The van der Waals surface area contributed by atoms with Crippen LogP contribution in [0.25, 0.3) is 21.9 Å². The number of benzene rings is 1. The van der Waals surface area contributed by atoms with Crippen LogP contribution in [0.2, 0.25) is 0 Å². The Kier molecular flexibility index (Phi) is 6.00. The Hall–Kier alpha value is -3.13. The molecular weight excluding hydrogens is 320 g/mol. The van der Waals surface area contributed by atoms with Crippen molar-refractivity contribution in [3.63, 3.8) is 0 Å². The van der Waals surface area contributed by atoms with E-state index in [0.29, 0.717) is 5.75 Å². The molecule has 26 heavy (non-hydrogen) atoms. The van der Waals surface area contributed by atoms with Gasteiger partial charge < -0.3 is 4.74 Å². The van der Waals surface area contributed by atoms with Crippen LogP contribution in [0.5, 0.6) is 5.75 Å². The zero-order valence-corrected chi connectivity index (χ0v) is 14.9.